The predicted molar refractivity (Wildman–Crippen MR) is 56.8 cm³/mol. The van der Waals surface area contributed by atoms with Crippen LogP contribution >= 0.6 is 0 Å². The highest BCUT2D eigenvalue weighted by atomic mass is 15.2. The van der Waals surface area contributed by atoms with E-state index in [0.717, 1.165) is 12.0 Å². The van der Waals surface area contributed by atoms with Crippen molar-refractivity contribution in [3.05, 3.63) is 11.6 Å². The van der Waals surface area contributed by atoms with Gasteiger partial charge in [-0.25, -0.2) is 0 Å². The molecule has 1 aliphatic heterocycles. The maximum atomic E-state index is 2.69. The molecule has 0 aromatic heterocycles. The predicted octanol–water partition coefficient (Wildman–Crippen LogP) is 2.83. The Labute approximate surface area is 81.8 Å². The van der Waals surface area contributed by atoms with Crippen molar-refractivity contribution >= 4 is 0 Å². The number of nitrogens with zero attached hydrogens (tertiary/aromatic N) is 1. The first kappa shape index (κ1) is 9.26. The van der Waals surface area contributed by atoms with Crippen LogP contribution in [0.2, 0.25) is 0 Å². The Bertz CT molecular complexity index is 203. The van der Waals surface area contributed by atoms with Crippen LogP contribution in [0.1, 0.15) is 39.5 Å². The SMILES string of the molecule is CCC(C1CC1)N1CC=C(C)CC1. The lowest BCUT2D eigenvalue weighted by molar-refractivity contribution is 0.184. The smallest absolute Gasteiger partial charge is 0.0168 e. The van der Waals surface area contributed by atoms with Crippen molar-refractivity contribution in [2.45, 2.75) is 45.6 Å². The molecule has 0 spiro atoms. The van der Waals surface area contributed by atoms with Gasteiger partial charge in [0, 0.05) is 19.1 Å². The van der Waals surface area contributed by atoms with Gasteiger partial charge in [-0.15, -0.1) is 0 Å². The maximum absolute atomic E-state index is 2.69. The summed E-state index contributed by atoms with van der Waals surface area (Å²) in [4.78, 5) is 2.69. The fourth-order valence-electron chi connectivity index (χ4n) is 2.46. The molecule has 1 heterocycles. The minimum Gasteiger partial charge on any atom is -0.296 e. The van der Waals surface area contributed by atoms with Crippen molar-refractivity contribution in [2.24, 2.45) is 5.92 Å². The van der Waals surface area contributed by atoms with Gasteiger partial charge in [0.25, 0.3) is 0 Å². The van der Waals surface area contributed by atoms with Gasteiger partial charge in [0.2, 0.25) is 0 Å². The summed E-state index contributed by atoms with van der Waals surface area (Å²) in [5, 5.41) is 0. The first-order valence-electron chi connectivity index (χ1n) is 5.71. The third kappa shape index (κ3) is 2.14. The molecule has 1 aliphatic carbocycles. The van der Waals surface area contributed by atoms with E-state index in [9.17, 15) is 0 Å². The summed E-state index contributed by atoms with van der Waals surface area (Å²) in [6, 6.07) is 0.893. The van der Waals surface area contributed by atoms with Crippen LogP contribution in [0.3, 0.4) is 0 Å². The molecule has 0 amide bonds. The highest BCUT2D eigenvalue weighted by Crippen LogP contribution is 2.37. The van der Waals surface area contributed by atoms with Crippen LogP contribution in [0.25, 0.3) is 0 Å². The zero-order chi connectivity index (χ0) is 9.26. The lowest BCUT2D eigenvalue weighted by Gasteiger charge is -2.33. The third-order valence-electron chi connectivity index (χ3n) is 3.52. The molecule has 0 aromatic carbocycles. The largest absolute Gasteiger partial charge is 0.296 e. The Morgan fingerprint density at radius 3 is 2.77 bits per heavy atom. The Hall–Kier alpha value is -0.300. The molecule has 1 unspecified atom stereocenters. The fraction of sp³-hybridized carbons (Fsp3) is 0.833. The Morgan fingerprint density at radius 1 is 1.54 bits per heavy atom. The fourth-order valence-corrected chi connectivity index (χ4v) is 2.46. The van der Waals surface area contributed by atoms with Gasteiger partial charge in [-0.1, -0.05) is 18.6 Å². The molecular formula is C12H21N. The van der Waals surface area contributed by atoms with Crippen molar-refractivity contribution in [3.8, 4) is 0 Å². The van der Waals surface area contributed by atoms with Crippen LogP contribution in [0.5, 0.6) is 0 Å². The van der Waals surface area contributed by atoms with E-state index < -0.39 is 0 Å². The van der Waals surface area contributed by atoms with E-state index in [2.05, 4.69) is 24.8 Å². The van der Waals surface area contributed by atoms with Crippen LogP contribution in [0, 0.1) is 5.92 Å². The molecule has 74 valence electrons. The Kier molecular flexibility index (Phi) is 2.73. The molecule has 0 saturated heterocycles. The van der Waals surface area contributed by atoms with Crippen molar-refractivity contribution in [3.63, 3.8) is 0 Å². The monoisotopic (exact) mass is 179 g/mol. The standard InChI is InChI=1S/C12H21N/c1-3-12(11-4-5-11)13-8-6-10(2)7-9-13/h6,11-12H,3-5,7-9H2,1-2H3. The normalized spacial score (nSPS) is 27.1. The van der Waals surface area contributed by atoms with Crippen LogP contribution in [-0.2, 0) is 0 Å². The first-order valence-corrected chi connectivity index (χ1v) is 5.71. The second-order valence-electron chi connectivity index (χ2n) is 4.61. The summed E-state index contributed by atoms with van der Waals surface area (Å²) in [7, 11) is 0. The average molecular weight is 179 g/mol. The quantitative estimate of drug-likeness (QED) is 0.602. The average Bonchev–Trinajstić information content (AvgIpc) is 2.93. The minimum atomic E-state index is 0.893. The summed E-state index contributed by atoms with van der Waals surface area (Å²) in [5.74, 6) is 1.04. The van der Waals surface area contributed by atoms with E-state index in [1.807, 2.05) is 0 Å². The second-order valence-corrected chi connectivity index (χ2v) is 4.61. The zero-order valence-corrected chi connectivity index (χ0v) is 8.92. The third-order valence-corrected chi connectivity index (χ3v) is 3.52. The van der Waals surface area contributed by atoms with E-state index in [1.54, 1.807) is 5.57 Å². The summed E-state index contributed by atoms with van der Waals surface area (Å²) in [6.45, 7) is 7.11. The van der Waals surface area contributed by atoms with E-state index in [4.69, 9.17) is 0 Å². The molecular weight excluding hydrogens is 158 g/mol. The van der Waals surface area contributed by atoms with Crippen molar-refractivity contribution in [2.75, 3.05) is 13.1 Å². The van der Waals surface area contributed by atoms with E-state index in [1.165, 1.54) is 38.8 Å². The number of rotatable bonds is 3. The molecule has 2 rings (SSSR count). The topological polar surface area (TPSA) is 3.24 Å². The van der Waals surface area contributed by atoms with Crippen LogP contribution < -0.4 is 0 Å². The summed E-state index contributed by atoms with van der Waals surface area (Å²) in [6.07, 6.45) is 8.02. The molecule has 0 aromatic rings. The highest BCUT2D eigenvalue weighted by molar-refractivity contribution is 5.05. The van der Waals surface area contributed by atoms with Gasteiger partial charge in [-0.05, 0) is 38.5 Å². The summed E-state index contributed by atoms with van der Waals surface area (Å²) in [5.41, 5.74) is 1.59. The van der Waals surface area contributed by atoms with E-state index >= 15 is 0 Å². The van der Waals surface area contributed by atoms with Crippen molar-refractivity contribution in [1.82, 2.24) is 4.90 Å². The number of hydrogen-bond donors (Lipinski definition) is 0. The molecule has 1 atom stereocenters. The first-order chi connectivity index (χ1) is 6.31. The zero-order valence-electron chi connectivity index (χ0n) is 8.92. The van der Waals surface area contributed by atoms with E-state index in [-0.39, 0.29) is 0 Å². The molecule has 13 heavy (non-hydrogen) atoms. The lowest BCUT2D eigenvalue weighted by atomic mass is 10.0. The van der Waals surface area contributed by atoms with Gasteiger partial charge in [-0.3, -0.25) is 4.90 Å². The molecule has 1 heteroatoms. The molecule has 0 N–H and O–H groups in total. The van der Waals surface area contributed by atoms with Gasteiger partial charge in [0.15, 0.2) is 0 Å². The minimum absolute atomic E-state index is 0.893. The molecule has 0 radical (unpaired) electrons. The Morgan fingerprint density at radius 2 is 2.31 bits per heavy atom. The second kappa shape index (κ2) is 3.83. The highest BCUT2D eigenvalue weighted by Gasteiger charge is 2.33. The van der Waals surface area contributed by atoms with Gasteiger partial charge < -0.3 is 0 Å². The van der Waals surface area contributed by atoms with Crippen molar-refractivity contribution < 1.29 is 0 Å². The van der Waals surface area contributed by atoms with Crippen LogP contribution in [0.15, 0.2) is 11.6 Å². The molecule has 0 bridgehead atoms. The van der Waals surface area contributed by atoms with Crippen LogP contribution in [-0.4, -0.2) is 24.0 Å². The Balaban J connectivity index is 1.92. The van der Waals surface area contributed by atoms with Gasteiger partial charge in [-0.2, -0.15) is 0 Å². The summed E-state index contributed by atoms with van der Waals surface area (Å²) < 4.78 is 0. The van der Waals surface area contributed by atoms with Gasteiger partial charge in [0.1, 0.15) is 0 Å². The molecule has 2 aliphatic rings. The molecule has 1 nitrogen and oxygen atoms in total. The van der Waals surface area contributed by atoms with Crippen molar-refractivity contribution in [1.29, 1.82) is 0 Å². The molecule has 1 fully saturated rings. The number of hydrogen-bond acceptors (Lipinski definition) is 1. The molecule has 1 saturated carbocycles. The van der Waals surface area contributed by atoms with Gasteiger partial charge >= 0.3 is 0 Å². The van der Waals surface area contributed by atoms with Gasteiger partial charge in [0.05, 0.1) is 0 Å². The summed E-state index contributed by atoms with van der Waals surface area (Å²) >= 11 is 0. The lowest BCUT2D eigenvalue weighted by Crippen LogP contribution is -2.39. The van der Waals surface area contributed by atoms with E-state index in [0.29, 0.717) is 0 Å². The maximum Gasteiger partial charge on any atom is 0.0168 e. The van der Waals surface area contributed by atoms with Crippen LogP contribution in [0.4, 0.5) is 0 Å².